The summed E-state index contributed by atoms with van der Waals surface area (Å²) >= 11 is 18.7. The van der Waals surface area contributed by atoms with Crippen molar-refractivity contribution in [1.29, 1.82) is 0 Å². The molecule has 1 aliphatic heterocycles. The fourth-order valence-corrected chi connectivity index (χ4v) is 4.60. The summed E-state index contributed by atoms with van der Waals surface area (Å²) in [5.74, 6) is 0.122. The predicted octanol–water partition coefficient (Wildman–Crippen LogP) is 6.10. The number of halogens is 2. The van der Waals surface area contributed by atoms with E-state index in [2.05, 4.69) is 0 Å². The molecule has 0 saturated carbocycles. The highest BCUT2D eigenvalue weighted by atomic mass is 35.5. The number of rotatable bonds is 8. The summed E-state index contributed by atoms with van der Waals surface area (Å²) in [5, 5.41) is 9.69. The van der Waals surface area contributed by atoms with Crippen LogP contribution >= 0.6 is 47.2 Å². The number of hydrogen-bond acceptors (Lipinski definition) is 5. The molecule has 152 valence electrons. The van der Waals surface area contributed by atoms with Gasteiger partial charge in [-0.3, -0.25) is 14.5 Å². The Kier molecular flexibility index (Phi) is 7.40. The quantitative estimate of drug-likeness (QED) is 0.286. The van der Waals surface area contributed by atoms with Crippen molar-refractivity contribution >= 4 is 69.5 Å². The first-order valence-electron chi connectivity index (χ1n) is 8.87. The van der Waals surface area contributed by atoms with Crippen LogP contribution in [0.3, 0.4) is 0 Å². The van der Waals surface area contributed by atoms with Crippen molar-refractivity contribution in [3.63, 3.8) is 0 Å². The van der Waals surface area contributed by atoms with Gasteiger partial charge in [0.2, 0.25) is 0 Å². The second-order valence-electron chi connectivity index (χ2n) is 6.36. The predicted molar refractivity (Wildman–Crippen MR) is 120 cm³/mol. The number of amides is 1. The number of carboxylic acids is 1. The third-order valence-corrected chi connectivity index (χ3v) is 6.17. The van der Waals surface area contributed by atoms with Gasteiger partial charge in [0.15, 0.2) is 0 Å². The van der Waals surface area contributed by atoms with Crippen LogP contribution in [0.2, 0.25) is 10.0 Å². The number of carbonyl (C=O) groups excluding carboxylic acids is 1. The summed E-state index contributed by atoms with van der Waals surface area (Å²) in [4.78, 5) is 25.2. The van der Waals surface area contributed by atoms with Crippen LogP contribution in [0.5, 0.6) is 0 Å². The molecule has 0 bridgehead atoms. The maximum Gasteiger partial charge on any atom is 0.303 e. The molecule has 1 fully saturated rings. The molecule has 0 aliphatic carbocycles. The van der Waals surface area contributed by atoms with E-state index in [0.717, 1.165) is 6.42 Å². The molecule has 3 rings (SSSR count). The van der Waals surface area contributed by atoms with Crippen LogP contribution in [0.15, 0.2) is 39.7 Å². The van der Waals surface area contributed by atoms with Gasteiger partial charge < -0.3 is 9.52 Å². The van der Waals surface area contributed by atoms with Crippen molar-refractivity contribution in [2.24, 2.45) is 0 Å². The highest BCUT2D eigenvalue weighted by molar-refractivity contribution is 8.26. The van der Waals surface area contributed by atoms with Crippen LogP contribution in [0, 0.1) is 0 Å². The van der Waals surface area contributed by atoms with Crippen LogP contribution in [-0.2, 0) is 9.59 Å². The van der Waals surface area contributed by atoms with Gasteiger partial charge >= 0.3 is 5.97 Å². The van der Waals surface area contributed by atoms with Gasteiger partial charge in [-0.15, -0.1) is 0 Å². The second kappa shape index (κ2) is 9.80. The zero-order chi connectivity index (χ0) is 21.0. The Labute approximate surface area is 187 Å². The molecule has 1 N–H and O–H groups in total. The number of carbonyl (C=O) groups is 2. The number of benzene rings is 1. The maximum atomic E-state index is 12.6. The molecule has 5 nitrogen and oxygen atoms in total. The molecule has 0 spiro atoms. The lowest BCUT2D eigenvalue weighted by atomic mass is 10.2. The number of aliphatic carboxylic acids is 1. The molecule has 0 unspecified atom stereocenters. The third kappa shape index (κ3) is 5.63. The van der Waals surface area contributed by atoms with Gasteiger partial charge in [0, 0.05) is 29.6 Å². The monoisotopic (exact) mass is 469 g/mol. The molecule has 1 saturated heterocycles. The van der Waals surface area contributed by atoms with E-state index < -0.39 is 5.97 Å². The van der Waals surface area contributed by atoms with Crippen LogP contribution < -0.4 is 0 Å². The number of hydrogen-bond donors (Lipinski definition) is 1. The molecule has 9 heteroatoms. The fraction of sp³-hybridized carbons (Fsp3) is 0.250. The molecule has 1 aromatic heterocycles. The first kappa shape index (κ1) is 21.9. The molecule has 1 aliphatic rings. The van der Waals surface area contributed by atoms with E-state index in [4.69, 9.17) is 44.9 Å². The molecule has 1 aromatic carbocycles. The third-order valence-electron chi connectivity index (χ3n) is 4.24. The lowest BCUT2D eigenvalue weighted by Crippen LogP contribution is -2.29. The standard InChI is InChI=1S/C20H17Cl2NO4S2/c21-12-5-7-14(15(22)10-12)16-8-6-13(27-16)11-17-19(26)23(20(28)29-17)9-3-1-2-4-18(24)25/h5-8,10-11H,1-4,9H2,(H,24,25)/b17-11-. The van der Waals surface area contributed by atoms with Crippen LogP contribution in [0.4, 0.5) is 0 Å². The Hall–Kier alpha value is -1.80. The fourth-order valence-electron chi connectivity index (χ4n) is 2.81. The van der Waals surface area contributed by atoms with E-state index in [1.54, 1.807) is 41.3 Å². The van der Waals surface area contributed by atoms with E-state index in [9.17, 15) is 9.59 Å². The van der Waals surface area contributed by atoms with Gasteiger partial charge in [-0.2, -0.15) is 0 Å². The van der Waals surface area contributed by atoms with Gasteiger partial charge in [-0.05, 0) is 43.2 Å². The lowest BCUT2D eigenvalue weighted by Gasteiger charge is -2.13. The summed E-state index contributed by atoms with van der Waals surface area (Å²) in [6.07, 6.45) is 3.81. The van der Waals surface area contributed by atoms with Crippen molar-refractivity contribution in [1.82, 2.24) is 4.90 Å². The van der Waals surface area contributed by atoms with Crippen LogP contribution in [-0.4, -0.2) is 32.7 Å². The molecular weight excluding hydrogens is 453 g/mol. The number of thioether (sulfide) groups is 1. The van der Waals surface area contributed by atoms with Gasteiger partial charge in [0.05, 0.1) is 9.93 Å². The summed E-state index contributed by atoms with van der Waals surface area (Å²) < 4.78 is 6.31. The molecule has 1 amide bonds. The molecule has 0 atom stereocenters. The number of unbranched alkanes of at least 4 members (excludes halogenated alkanes) is 2. The largest absolute Gasteiger partial charge is 0.481 e. The Balaban J connectivity index is 1.65. The van der Waals surface area contributed by atoms with E-state index in [0.29, 0.717) is 55.7 Å². The molecular formula is C20H17Cl2NO4S2. The zero-order valence-corrected chi connectivity index (χ0v) is 18.3. The van der Waals surface area contributed by atoms with Crippen LogP contribution in [0.1, 0.15) is 31.4 Å². The SMILES string of the molecule is O=C(O)CCCCCN1C(=O)/C(=C/c2ccc(-c3ccc(Cl)cc3Cl)o2)SC1=S. The number of thiocarbonyl (C=S) groups is 1. The van der Waals surface area contributed by atoms with Gasteiger partial charge in [-0.1, -0.05) is 53.6 Å². The topological polar surface area (TPSA) is 70.8 Å². The van der Waals surface area contributed by atoms with Crippen molar-refractivity contribution in [2.75, 3.05) is 6.54 Å². The minimum Gasteiger partial charge on any atom is -0.481 e. The smallest absolute Gasteiger partial charge is 0.303 e. The summed E-state index contributed by atoms with van der Waals surface area (Å²) in [6.45, 7) is 0.478. The summed E-state index contributed by atoms with van der Waals surface area (Å²) in [7, 11) is 0. The Morgan fingerprint density at radius 1 is 1.21 bits per heavy atom. The maximum absolute atomic E-state index is 12.6. The number of nitrogens with zero attached hydrogens (tertiary/aromatic N) is 1. The normalized spacial score (nSPS) is 15.5. The Morgan fingerprint density at radius 2 is 2.00 bits per heavy atom. The van der Waals surface area contributed by atoms with Gasteiger partial charge in [0.25, 0.3) is 5.91 Å². The minimum absolute atomic E-state index is 0.136. The lowest BCUT2D eigenvalue weighted by molar-refractivity contribution is -0.137. The van der Waals surface area contributed by atoms with Crippen molar-refractivity contribution in [2.45, 2.75) is 25.7 Å². The van der Waals surface area contributed by atoms with Crippen molar-refractivity contribution in [3.05, 3.63) is 51.0 Å². The van der Waals surface area contributed by atoms with Crippen molar-refractivity contribution < 1.29 is 19.1 Å². The highest BCUT2D eigenvalue weighted by Gasteiger charge is 2.31. The van der Waals surface area contributed by atoms with Gasteiger partial charge in [0.1, 0.15) is 15.8 Å². The first-order chi connectivity index (χ1) is 13.8. The minimum atomic E-state index is -0.809. The van der Waals surface area contributed by atoms with Crippen LogP contribution in [0.25, 0.3) is 17.4 Å². The van der Waals surface area contributed by atoms with E-state index in [1.165, 1.54) is 11.8 Å². The zero-order valence-electron chi connectivity index (χ0n) is 15.2. The number of furan rings is 1. The number of carboxylic acid groups (broad SMARTS) is 1. The van der Waals surface area contributed by atoms with E-state index >= 15 is 0 Å². The molecule has 2 heterocycles. The van der Waals surface area contributed by atoms with E-state index in [-0.39, 0.29) is 12.3 Å². The Morgan fingerprint density at radius 3 is 2.72 bits per heavy atom. The van der Waals surface area contributed by atoms with Crippen molar-refractivity contribution in [3.8, 4) is 11.3 Å². The summed E-state index contributed by atoms with van der Waals surface area (Å²) in [5.41, 5.74) is 0.713. The van der Waals surface area contributed by atoms with Gasteiger partial charge in [-0.25, -0.2) is 0 Å². The summed E-state index contributed by atoms with van der Waals surface area (Å²) in [6, 6.07) is 8.69. The molecule has 29 heavy (non-hydrogen) atoms. The average molecular weight is 470 g/mol. The second-order valence-corrected chi connectivity index (χ2v) is 8.88. The average Bonchev–Trinajstić information content (AvgIpc) is 3.21. The Bertz CT molecular complexity index is 987. The first-order valence-corrected chi connectivity index (χ1v) is 10.9. The molecule has 0 radical (unpaired) electrons. The molecule has 2 aromatic rings. The highest BCUT2D eigenvalue weighted by Crippen LogP contribution is 2.35. The van der Waals surface area contributed by atoms with E-state index in [1.807, 2.05) is 0 Å².